The molecule has 3 rings (SSSR count). The molecule has 1 spiro atoms. The summed E-state index contributed by atoms with van der Waals surface area (Å²) in [6.45, 7) is 3.26. The zero-order chi connectivity index (χ0) is 15.7. The van der Waals surface area contributed by atoms with Crippen LogP contribution >= 0.6 is 0 Å². The molecule has 1 amide bonds. The van der Waals surface area contributed by atoms with Crippen molar-refractivity contribution in [1.82, 2.24) is 14.5 Å². The molecule has 2 fully saturated rings. The molecule has 120 valence electrons. The predicted octanol–water partition coefficient (Wildman–Crippen LogP) is 1.53. The number of ether oxygens (including phenoxy) is 1. The summed E-state index contributed by atoms with van der Waals surface area (Å²) in [5, 5.41) is 0. The number of carbonyl (C=O) groups excluding carboxylic acids is 2. The Bertz CT molecular complexity index is 575. The largest absolute Gasteiger partial charge is 0.458 e. The van der Waals surface area contributed by atoms with Gasteiger partial charge in [0.2, 0.25) is 5.91 Å². The lowest BCUT2D eigenvalue weighted by atomic mass is 9.84. The second-order valence-corrected chi connectivity index (χ2v) is 6.43. The van der Waals surface area contributed by atoms with Gasteiger partial charge in [-0.1, -0.05) is 0 Å². The Balaban J connectivity index is 1.65. The summed E-state index contributed by atoms with van der Waals surface area (Å²) < 4.78 is 7.58. The molecule has 1 atom stereocenters. The number of likely N-dealkylation sites (N-methyl/N-ethyl adjacent to an activating group) is 1. The van der Waals surface area contributed by atoms with Gasteiger partial charge in [0, 0.05) is 32.5 Å². The molecule has 6 nitrogen and oxygen atoms in total. The van der Waals surface area contributed by atoms with Crippen LogP contribution < -0.4 is 0 Å². The van der Waals surface area contributed by atoms with Gasteiger partial charge in [-0.2, -0.15) is 0 Å². The Morgan fingerprint density at radius 1 is 1.50 bits per heavy atom. The summed E-state index contributed by atoms with van der Waals surface area (Å²) in [5.74, 6) is 0.438. The molecule has 0 bridgehead atoms. The summed E-state index contributed by atoms with van der Waals surface area (Å²) in [6.07, 6.45) is 7.62. The molecule has 1 aliphatic heterocycles. The highest BCUT2D eigenvalue weighted by Gasteiger charge is 2.54. The van der Waals surface area contributed by atoms with Gasteiger partial charge in [-0.05, 0) is 32.6 Å². The van der Waals surface area contributed by atoms with Gasteiger partial charge < -0.3 is 14.2 Å². The van der Waals surface area contributed by atoms with E-state index in [1.807, 2.05) is 17.7 Å². The van der Waals surface area contributed by atoms with Gasteiger partial charge in [0.15, 0.2) is 0 Å². The van der Waals surface area contributed by atoms with Gasteiger partial charge in [-0.25, -0.2) is 4.98 Å². The minimum atomic E-state index is -0.520. The predicted molar refractivity (Wildman–Crippen MR) is 80.0 cm³/mol. The fourth-order valence-electron chi connectivity index (χ4n) is 3.70. The minimum absolute atomic E-state index is 0.0329. The average Bonchev–Trinajstić information content (AvgIpc) is 3.18. The van der Waals surface area contributed by atoms with E-state index in [0.717, 1.165) is 31.5 Å². The SMILES string of the molecule is Cc1nccn1CCN(C)C(=O)C1CC(=O)OC12CCCC2. The summed E-state index contributed by atoms with van der Waals surface area (Å²) in [7, 11) is 1.81. The molecule has 22 heavy (non-hydrogen) atoms. The van der Waals surface area contributed by atoms with Crippen molar-refractivity contribution in [3.63, 3.8) is 0 Å². The van der Waals surface area contributed by atoms with Crippen LogP contribution in [0.15, 0.2) is 12.4 Å². The minimum Gasteiger partial charge on any atom is -0.458 e. The zero-order valence-corrected chi connectivity index (χ0v) is 13.2. The van der Waals surface area contributed by atoms with Crippen molar-refractivity contribution in [1.29, 1.82) is 0 Å². The van der Waals surface area contributed by atoms with Crippen LogP contribution in [0.3, 0.4) is 0 Å². The molecular formula is C16H23N3O3. The van der Waals surface area contributed by atoms with Crippen LogP contribution in [0.1, 0.15) is 37.9 Å². The van der Waals surface area contributed by atoms with Crippen LogP contribution in [0.4, 0.5) is 0 Å². The standard InChI is InChI=1S/C16H23N3O3/c1-12-17-7-8-19(12)10-9-18(2)15(21)13-11-14(20)22-16(13)5-3-4-6-16/h7-8,13H,3-6,9-11H2,1-2H3. The number of esters is 1. The number of carbonyl (C=O) groups is 2. The molecule has 1 saturated carbocycles. The second kappa shape index (κ2) is 5.74. The van der Waals surface area contributed by atoms with Crippen molar-refractivity contribution in [3.8, 4) is 0 Å². The summed E-state index contributed by atoms with van der Waals surface area (Å²) in [6, 6.07) is 0. The molecule has 1 unspecified atom stereocenters. The van der Waals surface area contributed by atoms with Gasteiger partial charge >= 0.3 is 5.97 Å². The van der Waals surface area contributed by atoms with E-state index in [4.69, 9.17) is 4.74 Å². The molecule has 1 aromatic heterocycles. The molecule has 1 aromatic rings. The number of hydrogen-bond acceptors (Lipinski definition) is 4. The molecule has 0 aromatic carbocycles. The second-order valence-electron chi connectivity index (χ2n) is 6.43. The first-order valence-corrected chi connectivity index (χ1v) is 7.96. The Morgan fingerprint density at radius 3 is 2.86 bits per heavy atom. The highest BCUT2D eigenvalue weighted by molar-refractivity contribution is 5.87. The van der Waals surface area contributed by atoms with Crippen molar-refractivity contribution in [2.24, 2.45) is 5.92 Å². The lowest BCUT2D eigenvalue weighted by Gasteiger charge is -2.31. The lowest BCUT2D eigenvalue weighted by Crippen LogP contribution is -2.44. The fourth-order valence-corrected chi connectivity index (χ4v) is 3.70. The van der Waals surface area contributed by atoms with E-state index in [1.54, 1.807) is 18.1 Å². The van der Waals surface area contributed by atoms with Crippen LogP contribution in [-0.4, -0.2) is 45.5 Å². The van der Waals surface area contributed by atoms with Crippen molar-refractivity contribution >= 4 is 11.9 Å². The molecule has 2 aliphatic rings. The zero-order valence-electron chi connectivity index (χ0n) is 13.2. The maximum atomic E-state index is 12.8. The van der Waals surface area contributed by atoms with E-state index in [-0.39, 0.29) is 24.2 Å². The van der Waals surface area contributed by atoms with E-state index in [9.17, 15) is 9.59 Å². The number of nitrogens with zero attached hydrogens (tertiary/aromatic N) is 3. The summed E-state index contributed by atoms with van der Waals surface area (Å²) in [5.41, 5.74) is -0.520. The third-order valence-corrected chi connectivity index (χ3v) is 5.05. The third kappa shape index (κ3) is 2.62. The molecule has 1 saturated heterocycles. The van der Waals surface area contributed by atoms with Gasteiger partial charge in [-0.15, -0.1) is 0 Å². The first-order valence-electron chi connectivity index (χ1n) is 7.96. The first-order chi connectivity index (χ1) is 10.5. The molecule has 0 N–H and O–H groups in total. The fraction of sp³-hybridized carbons (Fsp3) is 0.688. The quantitative estimate of drug-likeness (QED) is 0.791. The third-order valence-electron chi connectivity index (χ3n) is 5.05. The number of aryl methyl sites for hydroxylation is 1. The Hall–Kier alpha value is -1.85. The van der Waals surface area contributed by atoms with Gasteiger partial charge in [0.25, 0.3) is 0 Å². The van der Waals surface area contributed by atoms with E-state index in [1.165, 1.54) is 0 Å². The molecule has 1 aliphatic carbocycles. The first kappa shape index (κ1) is 15.1. The Kier molecular flexibility index (Phi) is 3.93. The van der Waals surface area contributed by atoms with Gasteiger partial charge in [0.05, 0.1) is 12.3 Å². The van der Waals surface area contributed by atoms with Crippen LogP contribution in [-0.2, 0) is 20.9 Å². The van der Waals surface area contributed by atoms with Crippen molar-refractivity contribution in [2.45, 2.75) is 51.2 Å². The Morgan fingerprint density at radius 2 is 2.23 bits per heavy atom. The normalized spacial score (nSPS) is 23.0. The number of hydrogen-bond donors (Lipinski definition) is 0. The van der Waals surface area contributed by atoms with Crippen LogP contribution in [0.2, 0.25) is 0 Å². The van der Waals surface area contributed by atoms with E-state index in [0.29, 0.717) is 13.1 Å². The van der Waals surface area contributed by atoms with Crippen molar-refractivity contribution in [2.75, 3.05) is 13.6 Å². The van der Waals surface area contributed by atoms with Crippen LogP contribution in [0.25, 0.3) is 0 Å². The molecule has 6 heteroatoms. The van der Waals surface area contributed by atoms with Gasteiger partial charge in [0.1, 0.15) is 11.4 Å². The number of aromatic nitrogens is 2. The van der Waals surface area contributed by atoms with Crippen LogP contribution in [0.5, 0.6) is 0 Å². The average molecular weight is 305 g/mol. The maximum absolute atomic E-state index is 12.8. The lowest BCUT2D eigenvalue weighted by molar-refractivity contribution is -0.151. The Labute approximate surface area is 130 Å². The topological polar surface area (TPSA) is 64.4 Å². The molecular weight excluding hydrogens is 282 g/mol. The van der Waals surface area contributed by atoms with E-state index in [2.05, 4.69) is 4.98 Å². The van der Waals surface area contributed by atoms with Crippen molar-refractivity contribution < 1.29 is 14.3 Å². The van der Waals surface area contributed by atoms with Crippen LogP contribution in [0, 0.1) is 12.8 Å². The van der Waals surface area contributed by atoms with E-state index < -0.39 is 5.60 Å². The number of amides is 1. The smallest absolute Gasteiger partial charge is 0.307 e. The number of imidazole rings is 1. The van der Waals surface area contributed by atoms with E-state index >= 15 is 0 Å². The summed E-state index contributed by atoms with van der Waals surface area (Å²) in [4.78, 5) is 30.4. The maximum Gasteiger partial charge on any atom is 0.307 e. The van der Waals surface area contributed by atoms with Gasteiger partial charge in [-0.3, -0.25) is 9.59 Å². The molecule has 2 heterocycles. The summed E-state index contributed by atoms with van der Waals surface area (Å²) >= 11 is 0. The van der Waals surface area contributed by atoms with Crippen molar-refractivity contribution in [3.05, 3.63) is 18.2 Å². The monoisotopic (exact) mass is 305 g/mol. The molecule has 0 radical (unpaired) electrons. The number of rotatable bonds is 4. The highest BCUT2D eigenvalue weighted by atomic mass is 16.6. The highest BCUT2D eigenvalue weighted by Crippen LogP contribution is 2.46.